The molecule has 6 N–H and O–H groups in total. The highest BCUT2D eigenvalue weighted by Gasteiger charge is 2.28. The smallest absolute Gasteiger partial charge is 0.414 e. The fourth-order valence-electron chi connectivity index (χ4n) is 3.80. The van der Waals surface area contributed by atoms with E-state index in [9.17, 15) is 34.8 Å². The van der Waals surface area contributed by atoms with Crippen LogP contribution in [0.5, 0.6) is 5.75 Å². The van der Waals surface area contributed by atoms with Crippen LogP contribution >= 0.6 is 0 Å². The third-order valence-electron chi connectivity index (χ3n) is 6.29. The Morgan fingerprint density at radius 2 is 1.88 bits per heavy atom. The van der Waals surface area contributed by atoms with Crippen LogP contribution in [0.3, 0.4) is 0 Å². The second-order valence-electron chi connectivity index (χ2n) is 11.0. The minimum Gasteiger partial charge on any atom is -0.507 e. The Hall–Kier alpha value is -3.29. The van der Waals surface area contributed by atoms with Crippen molar-refractivity contribution in [1.82, 2.24) is 5.32 Å². The van der Waals surface area contributed by atoms with Gasteiger partial charge in [-0.1, -0.05) is 25.2 Å². The number of benzene rings is 1. The lowest BCUT2D eigenvalue weighted by molar-refractivity contribution is -0.127. The molecule has 1 aromatic rings. The first kappa shape index (κ1) is 33.9. The molecule has 12 nitrogen and oxygen atoms in total. The van der Waals surface area contributed by atoms with Gasteiger partial charge in [0.2, 0.25) is 0 Å². The number of carbonyl (C=O) groups excluding carboxylic acids is 3. The second-order valence-corrected chi connectivity index (χ2v) is 11.0. The number of anilines is 1. The number of phenolic OH excluding ortho intramolecular Hbond substituents is 1. The number of carbonyl (C=O) groups is 3. The van der Waals surface area contributed by atoms with Gasteiger partial charge in [0.1, 0.15) is 29.1 Å². The lowest BCUT2D eigenvalue weighted by atomic mass is 9.99. The van der Waals surface area contributed by atoms with E-state index in [1.165, 1.54) is 35.3 Å². The molecule has 228 valence electrons. The van der Waals surface area contributed by atoms with Crippen molar-refractivity contribution in [2.24, 2.45) is 5.92 Å². The number of fused-ring (bicyclic) bond motifs is 1. The summed E-state index contributed by atoms with van der Waals surface area (Å²) in [5.74, 6) is -2.44. The highest BCUT2D eigenvalue weighted by molar-refractivity contribution is 5.99. The van der Waals surface area contributed by atoms with E-state index in [2.05, 4.69) is 5.32 Å². The number of phenols is 1. The Morgan fingerprint density at radius 1 is 1.20 bits per heavy atom. The molecule has 1 aliphatic heterocycles. The number of esters is 1. The zero-order valence-electron chi connectivity index (χ0n) is 24.1. The summed E-state index contributed by atoms with van der Waals surface area (Å²) in [6, 6.07) is 2.70. The van der Waals surface area contributed by atoms with Crippen molar-refractivity contribution in [3.05, 3.63) is 41.5 Å². The first-order valence-electron chi connectivity index (χ1n) is 13.5. The number of amides is 1. The lowest BCUT2D eigenvalue weighted by Gasteiger charge is -2.28. The summed E-state index contributed by atoms with van der Waals surface area (Å²) in [6.45, 7) is 8.26. The number of aliphatic hydroxyl groups is 4. The Kier molecular flexibility index (Phi) is 12.5. The van der Waals surface area contributed by atoms with Gasteiger partial charge in [-0.15, -0.1) is 0 Å². The van der Waals surface area contributed by atoms with Gasteiger partial charge in [-0.2, -0.15) is 0 Å². The van der Waals surface area contributed by atoms with E-state index in [1.54, 1.807) is 34.6 Å². The molecule has 0 aromatic heterocycles. The number of rotatable bonds is 7. The van der Waals surface area contributed by atoms with Crippen molar-refractivity contribution < 1.29 is 49.4 Å². The molecule has 41 heavy (non-hydrogen) atoms. The van der Waals surface area contributed by atoms with Gasteiger partial charge in [0.15, 0.2) is 5.78 Å². The Bertz CT molecular complexity index is 1130. The van der Waals surface area contributed by atoms with Crippen LogP contribution in [0, 0.1) is 5.92 Å². The Balaban J connectivity index is 2.54. The maximum Gasteiger partial charge on any atom is 0.414 e. The minimum absolute atomic E-state index is 0.0351. The van der Waals surface area contributed by atoms with Gasteiger partial charge in [0.05, 0.1) is 24.5 Å². The third-order valence-corrected chi connectivity index (χ3v) is 6.29. The van der Waals surface area contributed by atoms with E-state index in [4.69, 9.17) is 14.6 Å². The molecule has 0 bridgehead atoms. The van der Waals surface area contributed by atoms with Gasteiger partial charge in [0.25, 0.3) is 0 Å². The molecule has 12 heteroatoms. The number of nitrogens with one attached hydrogen (secondary N) is 1. The molecule has 1 amide bonds. The van der Waals surface area contributed by atoms with Crippen LogP contribution < -0.4 is 10.2 Å². The molecule has 0 aliphatic carbocycles. The standard InChI is InChI=1S/C29H42N2O10/c1-17-9-10-23(35)26(37)22(34)8-6-7-19-13-20(14-24(36)25(19)27(38)40-18(17)2)31(28(39)41-29(3,4)5)12-11-30-15-21(33)16-32/h6-7,9-10,13-14,17-18,21-22,26,30,32-34,36-37H,8,11-12,15-16H2,1-5H3/b7-6+,10-9+/t17-,18+,21?,22+,26-/m1/s1. The van der Waals surface area contributed by atoms with Gasteiger partial charge >= 0.3 is 12.1 Å². The first-order chi connectivity index (χ1) is 19.1. The van der Waals surface area contributed by atoms with E-state index in [0.29, 0.717) is 0 Å². The van der Waals surface area contributed by atoms with E-state index in [1.807, 2.05) is 0 Å². The predicted octanol–water partition coefficient (Wildman–Crippen LogP) is 1.52. The van der Waals surface area contributed by atoms with Crippen molar-refractivity contribution in [2.45, 2.75) is 71.1 Å². The monoisotopic (exact) mass is 578 g/mol. The number of nitrogens with zero attached hydrogens (tertiary/aromatic N) is 1. The van der Waals surface area contributed by atoms with Crippen LogP contribution in [-0.2, 0) is 14.3 Å². The van der Waals surface area contributed by atoms with Crippen LogP contribution in [-0.4, -0.2) is 99.6 Å². The van der Waals surface area contributed by atoms with E-state index in [0.717, 1.165) is 6.08 Å². The Morgan fingerprint density at radius 3 is 2.51 bits per heavy atom. The topological polar surface area (TPSA) is 186 Å². The summed E-state index contributed by atoms with van der Waals surface area (Å²) in [4.78, 5) is 39.8. The average molecular weight is 579 g/mol. The average Bonchev–Trinajstić information content (AvgIpc) is 2.88. The molecule has 2 rings (SSSR count). The molecular formula is C29H42N2O10. The first-order valence-corrected chi connectivity index (χ1v) is 13.5. The summed E-state index contributed by atoms with van der Waals surface area (Å²) in [5, 5.41) is 53.1. The summed E-state index contributed by atoms with van der Waals surface area (Å²) >= 11 is 0. The number of hydrogen-bond acceptors (Lipinski definition) is 11. The normalized spacial score (nSPS) is 24.4. The number of cyclic esters (lactones) is 1. The van der Waals surface area contributed by atoms with E-state index in [-0.39, 0.29) is 42.9 Å². The van der Waals surface area contributed by atoms with Crippen LogP contribution in [0.1, 0.15) is 57.0 Å². The van der Waals surface area contributed by atoms with Crippen LogP contribution in [0.4, 0.5) is 10.5 Å². The maximum atomic E-state index is 13.2. The van der Waals surface area contributed by atoms with Crippen molar-refractivity contribution in [3.63, 3.8) is 0 Å². The van der Waals surface area contributed by atoms with Gasteiger partial charge in [-0.05, 0) is 51.8 Å². The molecule has 0 fully saturated rings. The molecule has 1 aromatic carbocycles. The van der Waals surface area contributed by atoms with Crippen LogP contribution in [0.25, 0.3) is 6.08 Å². The molecular weight excluding hydrogens is 536 g/mol. The number of ketones is 1. The molecule has 0 radical (unpaired) electrons. The zero-order valence-corrected chi connectivity index (χ0v) is 24.1. The highest BCUT2D eigenvalue weighted by atomic mass is 16.6. The van der Waals surface area contributed by atoms with Crippen molar-refractivity contribution in [3.8, 4) is 5.75 Å². The minimum atomic E-state index is -1.66. The fourth-order valence-corrected chi connectivity index (χ4v) is 3.80. The van der Waals surface area contributed by atoms with Crippen LogP contribution in [0.15, 0.2) is 30.4 Å². The molecule has 0 saturated heterocycles. The quantitative estimate of drug-likeness (QED) is 0.203. The molecule has 1 heterocycles. The van der Waals surface area contributed by atoms with E-state index < -0.39 is 66.1 Å². The number of ether oxygens (including phenoxy) is 2. The summed E-state index contributed by atoms with van der Waals surface area (Å²) in [7, 11) is 0. The van der Waals surface area contributed by atoms with Gasteiger partial charge < -0.3 is 40.3 Å². The van der Waals surface area contributed by atoms with Crippen molar-refractivity contribution in [2.75, 3.05) is 31.1 Å². The molecule has 5 atom stereocenters. The van der Waals surface area contributed by atoms with Crippen molar-refractivity contribution in [1.29, 1.82) is 0 Å². The van der Waals surface area contributed by atoms with E-state index >= 15 is 0 Å². The third kappa shape index (κ3) is 10.2. The maximum absolute atomic E-state index is 13.2. The second kappa shape index (κ2) is 15.1. The Labute approximate surface area is 239 Å². The molecule has 1 unspecified atom stereocenters. The highest BCUT2D eigenvalue weighted by Crippen LogP contribution is 2.32. The van der Waals surface area contributed by atoms with Gasteiger partial charge in [-0.3, -0.25) is 9.69 Å². The summed E-state index contributed by atoms with van der Waals surface area (Å²) < 4.78 is 11.1. The van der Waals surface area contributed by atoms with Gasteiger partial charge in [-0.25, -0.2) is 9.59 Å². The summed E-state index contributed by atoms with van der Waals surface area (Å²) in [6.07, 6.45) is -0.236. The summed E-state index contributed by atoms with van der Waals surface area (Å²) in [5.41, 5.74) is -0.684. The van der Waals surface area contributed by atoms with Gasteiger partial charge in [0, 0.05) is 31.6 Å². The number of aliphatic hydroxyl groups excluding tert-OH is 4. The zero-order chi connectivity index (χ0) is 30.9. The van der Waals surface area contributed by atoms with Crippen LogP contribution in [0.2, 0.25) is 0 Å². The molecule has 0 spiro atoms. The molecule has 1 aliphatic rings. The lowest BCUT2D eigenvalue weighted by Crippen LogP contribution is -2.42. The number of aromatic hydroxyl groups is 1. The van der Waals surface area contributed by atoms with Crippen molar-refractivity contribution >= 4 is 29.6 Å². The number of hydrogen-bond donors (Lipinski definition) is 6. The predicted molar refractivity (Wildman–Crippen MR) is 152 cm³/mol. The molecule has 0 saturated carbocycles. The fraction of sp³-hybridized carbons (Fsp3) is 0.552. The largest absolute Gasteiger partial charge is 0.507 e. The SMILES string of the molecule is C[C@@H]1/C=C/C(=O)[C@H](O)[C@@H](O)C/C=C/c2cc(N(CCNCC(O)CO)C(=O)OC(C)(C)C)cc(O)c2C(=O)O[C@H]1C.